The minimum atomic E-state index is -1.89. The molecule has 5 aromatic carbocycles. The first kappa shape index (κ1) is 19.4. The van der Waals surface area contributed by atoms with Gasteiger partial charge < -0.3 is 8.85 Å². The van der Waals surface area contributed by atoms with Gasteiger partial charge in [0.1, 0.15) is 0 Å². The Labute approximate surface area is 180 Å². The van der Waals surface area contributed by atoms with Gasteiger partial charge in [0.05, 0.1) is 0 Å². The average molecular weight is 429 g/mol. The van der Waals surface area contributed by atoms with Crippen molar-refractivity contribution in [1.82, 2.24) is 0 Å². The third-order valence-corrected chi connectivity index (χ3v) is 7.00. The molecule has 2 nitrogen and oxygen atoms in total. The zero-order valence-corrected chi connectivity index (χ0v) is 20.6. The lowest BCUT2D eigenvalue weighted by atomic mass is 9.90. The third-order valence-electron chi connectivity index (χ3n) is 5.36. The first-order valence-corrected chi connectivity index (χ1v) is 17.4. The lowest BCUT2D eigenvalue weighted by Gasteiger charge is -2.29. The largest absolute Gasteiger partial charge is 0.541 e. The van der Waals surface area contributed by atoms with E-state index in [0.717, 1.165) is 16.9 Å². The van der Waals surface area contributed by atoms with Crippen LogP contribution >= 0.6 is 0 Å². The van der Waals surface area contributed by atoms with Crippen molar-refractivity contribution in [3.63, 3.8) is 0 Å². The second-order valence-electron chi connectivity index (χ2n) is 10.1. The van der Waals surface area contributed by atoms with Gasteiger partial charge in [-0.25, -0.2) is 0 Å². The molecule has 0 aliphatic rings. The molecule has 0 aromatic heterocycles. The predicted octanol–water partition coefficient (Wildman–Crippen LogP) is 8.16. The number of rotatable bonds is 4. The maximum atomic E-state index is 6.84. The first-order valence-electron chi connectivity index (χ1n) is 10.6. The molecule has 0 N–H and O–H groups in total. The van der Waals surface area contributed by atoms with Crippen molar-refractivity contribution in [1.29, 1.82) is 0 Å². The Bertz CT molecular complexity index is 1410. The van der Waals surface area contributed by atoms with Gasteiger partial charge in [0, 0.05) is 21.5 Å². The quantitative estimate of drug-likeness (QED) is 0.163. The lowest BCUT2D eigenvalue weighted by Crippen LogP contribution is -2.32. The maximum absolute atomic E-state index is 6.84. The second-order valence-corrected chi connectivity index (χ2v) is 19.0. The van der Waals surface area contributed by atoms with Gasteiger partial charge in [-0.15, -0.1) is 0 Å². The second kappa shape index (κ2) is 6.46. The van der Waals surface area contributed by atoms with Crippen LogP contribution < -0.4 is 8.85 Å². The summed E-state index contributed by atoms with van der Waals surface area (Å²) in [7, 11) is -3.76. The summed E-state index contributed by atoms with van der Waals surface area (Å²) in [5.74, 6) is 1.86. The molecule has 0 aliphatic heterocycles. The Kier molecular flexibility index (Phi) is 4.18. The van der Waals surface area contributed by atoms with Gasteiger partial charge in [-0.2, -0.15) is 0 Å². The van der Waals surface area contributed by atoms with Gasteiger partial charge >= 0.3 is 0 Å². The Hall–Kier alpha value is -2.57. The van der Waals surface area contributed by atoms with Gasteiger partial charge in [0.15, 0.2) is 11.5 Å². The smallest absolute Gasteiger partial charge is 0.242 e. The van der Waals surface area contributed by atoms with E-state index in [1.807, 2.05) is 0 Å². The molecule has 0 saturated heterocycles. The van der Waals surface area contributed by atoms with Crippen LogP contribution in [0, 0.1) is 0 Å². The van der Waals surface area contributed by atoms with Crippen LogP contribution in [0.3, 0.4) is 0 Å². The highest BCUT2D eigenvalue weighted by Gasteiger charge is 2.29. The molecule has 0 fully saturated rings. The summed E-state index contributed by atoms with van der Waals surface area (Å²) < 4.78 is 13.6. The minimum absolute atomic E-state index is 0.929. The highest BCUT2D eigenvalue weighted by Crippen LogP contribution is 2.51. The van der Waals surface area contributed by atoms with Crippen molar-refractivity contribution < 1.29 is 8.85 Å². The topological polar surface area (TPSA) is 18.5 Å². The van der Waals surface area contributed by atoms with E-state index in [1.54, 1.807) is 0 Å². The fraction of sp³-hybridized carbons (Fsp3) is 0.231. The summed E-state index contributed by atoms with van der Waals surface area (Å²) in [5, 5.41) is 9.91. The fourth-order valence-corrected chi connectivity index (χ4v) is 6.03. The molecular formula is C26H28O2Si2. The Morgan fingerprint density at radius 2 is 1.10 bits per heavy atom. The monoisotopic (exact) mass is 428 g/mol. The Balaban J connectivity index is 2.10. The first-order chi connectivity index (χ1) is 14.1. The van der Waals surface area contributed by atoms with E-state index in [2.05, 4.69) is 99.9 Å². The summed E-state index contributed by atoms with van der Waals surface area (Å²) in [6.45, 7) is 13.5. The molecule has 0 amide bonds. The zero-order valence-electron chi connectivity index (χ0n) is 18.6. The number of hydrogen-bond donors (Lipinski definition) is 0. The van der Waals surface area contributed by atoms with Crippen LogP contribution in [-0.2, 0) is 0 Å². The van der Waals surface area contributed by atoms with E-state index in [9.17, 15) is 0 Å². The van der Waals surface area contributed by atoms with Crippen molar-refractivity contribution in [2.24, 2.45) is 0 Å². The maximum Gasteiger partial charge on any atom is 0.242 e. The van der Waals surface area contributed by atoms with E-state index >= 15 is 0 Å². The van der Waals surface area contributed by atoms with E-state index in [-0.39, 0.29) is 0 Å². The molecule has 0 saturated carbocycles. The molecule has 5 aromatic rings. The summed E-state index contributed by atoms with van der Waals surface area (Å²) >= 11 is 0. The predicted molar refractivity (Wildman–Crippen MR) is 136 cm³/mol. The van der Waals surface area contributed by atoms with Crippen molar-refractivity contribution in [3.8, 4) is 11.5 Å². The summed E-state index contributed by atoms with van der Waals surface area (Å²) in [6.07, 6.45) is 0. The van der Waals surface area contributed by atoms with E-state index in [0.29, 0.717) is 0 Å². The van der Waals surface area contributed by atoms with Gasteiger partial charge in [-0.1, -0.05) is 54.6 Å². The van der Waals surface area contributed by atoms with Crippen LogP contribution in [-0.4, -0.2) is 16.6 Å². The van der Waals surface area contributed by atoms with Crippen LogP contribution in [0.1, 0.15) is 0 Å². The van der Waals surface area contributed by atoms with Crippen LogP contribution in [0.2, 0.25) is 39.3 Å². The molecule has 0 unspecified atom stereocenters. The highest BCUT2D eigenvalue weighted by atomic mass is 28.4. The SMILES string of the molecule is C[Si](C)(C)Oc1c(O[Si](C)(C)C)c2c3ccccc3cc3ccc4cccc1c4c32. The van der Waals surface area contributed by atoms with Gasteiger partial charge in [0.2, 0.25) is 16.6 Å². The van der Waals surface area contributed by atoms with E-state index < -0.39 is 16.6 Å². The normalized spacial score (nSPS) is 13.0. The van der Waals surface area contributed by atoms with Crippen molar-refractivity contribution in [2.75, 3.05) is 0 Å². The number of benzene rings is 5. The molecule has 0 radical (unpaired) electrons. The van der Waals surface area contributed by atoms with Crippen LogP contribution in [0.25, 0.3) is 43.1 Å². The summed E-state index contributed by atoms with van der Waals surface area (Å²) in [5.41, 5.74) is 0. The zero-order chi connectivity index (χ0) is 21.3. The van der Waals surface area contributed by atoms with Gasteiger partial charge in [-0.05, 0) is 66.9 Å². The van der Waals surface area contributed by atoms with Crippen LogP contribution in [0.15, 0.2) is 60.7 Å². The molecule has 4 heteroatoms. The van der Waals surface area contributed by atoms with Gasteiger partial charge in [-0.3, -0.25) is 0 Å². The highest BCUT2D eigenvalue weighted by molar-refractivity contribution is 6.71. The van der Waals surface area contributed by atoms with E-state index in [4.69, 9.17) is 8.85 Å². The molecule has 0 atom stereocenters. The molecule has 152 valence electrons. The third kappa shape index (κ3) is 3.15. The lowest BCUT2D eigenvalue weighted by molar-refractivity contribution is 0.498. The summed E-state index contributed by atoms with van der Waals surface area (Å²) in [6, 6.07) is 22.0. The molecule has 0 spiro atoms. The van der Waals surface area contributed by atoms with Crippen LogP contribution in [0.4, 0.5) is 0 Å². The van der Waals surface area contributed by atoms with E-state index in [1.165, 1.54) is 37.7 Å². The summed E-state index contributed by atoms with van der Waals surface area (Å²) in [4.78, 5) is 0. The molecule has 0 heterocycles. The Morgan fingerprint density at radius 3 is 1.83 bits per heavy atom. The molecule has 30 heavy (non-hydrogen) atoms. The average Bonchev–Trinajstić information content (AvgIpc) is 2.66. The fourth-order valence-electron chi connectivity index (χ4n) is 4.41. The standard InChI is InChI=1S/C26H28O2Si2/c1-29(2,3)27-25-21-13-9-11-17-14-15-19-16-18-10-7-8-12-20(18)24(23(19)22(17)21)26(25)28-30(4,5)6/h7-16H,1-6H3. The molecule has 0 bridgehead atoms. The van der Waals surface area contributed by atoms with Gasteiger partial charge in [0.25, 0.3) is 0 Å². The number of hydrogen-bond acceptors (Lipinski definition) is 2. The van der Waals surface area contributed by atoms with Crippen molar-refractivity contribution in [3.05, 3.63) is 60.7 Å². The Morgan fingerprint density at radius 1 is 0.500 bits per heavy atom. The molecule has 0 aliphatic carbocycles. The van der Waals surface area contributed by atoms with Crippen molar-refractivity contribution in [2.45, 2.75) is 39.3 Å². The number of fused-ring (bicyclic) bond motifs is 2. The molecule has 5 rings (SSSR count). The van der Waals surface area contributed by atoms with Crippen molar-refractivity contribution >= 4 is 59.7 Å². The minimum Gasteiger partial charge on any atom is -0.541 e. The molecular weight excluding hydrogens is 400 g/mol. The van der Waals surface area contributed by atoms with Crippen LogP contribution in [0.5, 0.6) is 11.5 Å².